The number of esters is 1. The molecular weight excluding hydrogens is 394 g/mol. The average Bonchev–Trinajstić information content (AvgIpc) is 3.14. The van der Waals surface area contributed by atoms with Gasteiger partial charge in [-0.25, -0.2) is 4.79 Å². The lowest BCUT2D eigenvalue weighted by molar-refractivity contribution is -0.142. The molecule has 31 heavy (non-hydrogen) atoms. The van der Waals surface area contributed by atoms with Gasteiger partial charge in [-0.2, -0.15) is 0 Å². The molecule has 0 fully saturated rings. The van der Waals surface area contributed by atoms with E-state index in [1.54, 1.807) is 12.1 Å². The summed E-state index contributed by atoms with van der Waals surface area (Å²) in [5.41, 5.74) is 3.81. The third-order valence-corrected chi connectivity index (χ3v) is 4.81. The van der Waals surface area contributed by atoms with Gasteiger partial charge in [0, 0.05) is 22.9 Å². The van der Waals surface area contributed by atoms with Crippen LogP contribution in [0.2, 0.25) is 0 Å². The van der Waals surface area contributed by atoms with Crippen LogP contribution < -0.4 is 10.1 Å². The topological polar surface area (TPSA) is 77.8 Å². The minimum absolute atomic E-state index is 0.418. The molecule has 1 heterocycles. The van der Waals surface area contributed by atoms with Gasteiger partial charge in [-0.05, 0) is 30.7 Å². The van der Waals surface area contributed by atoms with Gasteiger partial charge in [0.1, 0.15) is 16.9 Å². The number of rotatable bonds is 6. The van der Waals surface area contributed by atoms with Crippen molar-refractivity contribution in [3.8, 4) is 5.75 Å². The number of nitrogens with one attached hydrogen (secondary N) is 1. The Morgan fingerprint density at radius 1 is 1.00 bits per heavy atom. The Labute approximate surface area is 179 Å². The summed E-state index contributed by atoms with van der Waals surface area (Å²) < 4.78 is 16.3. The highest BCUT2D eigenvalue weighted by atomic mass is 16.5. The molecule has 0 spiro atoms. The van der Waals surface area contributed by atoms with Crippen molar-refractivity contribution in [3.05, 3.63) is 77.9 Å². The van der Waals surface area contributed by atoms with Gasteiger partial charge in [0.2, 0.25) is 0 Å². The largest absolute Gasteiger partial charge is 0.495 e. The van der Waals surface area contributed by atoms with Gasteiger partial charge in [-0.1, -0.05) is 48.0 Å². The first-order valence-electron chi connectivity index (χ1n) is 9.74. The predicted octanol–water partition coefficient (Wildman–Crippen LogP) is 5.10. The van der Waals surface area contributed by atoms with Crippen LogP contribution in [0.3, 0.4) is 0 Å². The van der Waals surface area contributed by atoms with Crippen LogP contribution in [0.15, 0.2) is 71.2 Å². The Kier molecular flexibility index (Phi) is 5.71. The van der Waals surface area contributed by atoms with E-state index >= 15 is 0 Å². The Balaban J connectivity index is 1.42. The summed E-state index contributed by atoms with van der Waals surface area (Å²) in [4.78, 5) is 24.2. The minimum Gasteiger partial charge on any atom is -0.495 e. The predicted molar refractivity (Wildman–Crippen MR) is 120 cm³/mol. The number of hydrogen-bond acceptors (Lipinski definition) is 5. The summed E-state index contributed by atoms with van der Waals surface area (Å²) in [5, 5.41) is 4.56. The van der Waals surface area contributed by atoms with E-state index in [9.17, 15) is 9.59 Å². The van der Waals surface area contributed by atoms with Gasteiger partial charge in [0.15, 0.2) is 6.61 Å². The maximum Gasteiger partial charge on any atom is 0.331 e. The van der Waals surface area contributed by atoms with Crippen molar-refractivity contribution in [1.82, 2.24) is 0 Å². The third kappa shape index (κ3) is 4.59. The van der Waals surface area contributed by atoms with E-state index in [0.717, 1.165) is 27.5 Å². The normalized spacial score (nSPS) is 11.2. The van der Waals surface area contributed by atoms with E-state index < -0.39 is 18.5 Å². The zero-order valence-corrected chi connectivity index (χ0v) is 17.2. The number of carbonyl (C=O) groups excluding carboxylic acids is 2. The second kappa shape index (κ2) is 8.75. The molecule has 0 saturated carbocycles. The Morgan fingerprint density at radius 2 is 1.77 bits per heavy atom. The van der Waals surface area contributed by atoms with E-state index in [4.69, 9.17) is 13.9 Å². The molecule has 0 saturated heterocycles. The molecule has 1 aromatic heterocycles. The van der Waals surface area contributed by atoms with Gasteiger partial charge in [0.05, 0.1) is 12.8 Å². The zero-order valence-electron chi connectivity index (χ0n) is 17.2. The molecular formula is C25H21NO5. The number of furan rings is 1. The van der Waals surface area contributed by atoms with Crippen LogP contribution >= 0.6 is 0 Å². The van der Waals surface area contributed by atoms with Gasteiger partial charge in [-0.15, -0.1) is 0 Å². The van der Waals surface area contributed by atoms with Crippen molar-refractivity contribution in [2.75, 3.05) is 19.0 Å². The SMILES string of the molecule is COc1cc2c(cc1NC(=O)COC(=O)/C=C/c1ccc(C)cc1)oc1ccccc12. The van der Waals surface area contributed by atoms with Crippen molar-refractivity contribution in [2.24, 2.45) is 0 Å². The number of benzene rings is 3. The lowest BCUT2D eigenvalue weighted by Gasteiger charge is -2.10. The first-order valence-corrected chi connectivity index (χ1v) is 9.74. The minimum atomic E-state index is -0.601. The van der Waals surface area contributed by atoms with Crippen molar-refractivity contribution < 1.29 is 23.5 Å². The highest BCUT2D eigenvalue weighted by molar-refractivity contribution is 6.08. The number of methoxy groups -OCH3 is 1. The molecule has 3 aromatic carbocycles. The highest BCUT2D eigenvalue weighted by Gasteiger charge is 2.14. The number of aryl methyl sites for hydroxylation is 1. The molecule has 0 aliphatic heterocycles. The van der Waals surface area contributed by atoms with Crippen molar-refractivity contribution >= 4 is 45.6 Å². The number of carbonyl (C=O) groups is 2. The summed E-state index contributed by atoms with van der Waals surface area (Å²) >= 11 is 0. The van der Waals surface area contributed by atoms with Gasteiger partial charge in [0.25, 0.3) is 5.91 Å². The van der Waals surface area contributed by atoms with E-state index in [-0.39, 0.29) is 0 Å². The molecule has 156 valence electrons. The second-order valence-corrected chi connectivity index (χ2v) is 7.05. The molecule has 0 radical (unpaired) electrons. The molecule has 0 bridgehead atoms. The second-order valence-electron chi connectivity index (χ2n) is 7.05. The van der Waals surface area contributed by atoms with Gasteiger partial charge < -0.3 is 19.2 Å². The fourth-order valence-corrected chi connectivity index (χ4v) is 3.23. The van der Waals surface area contributed by atoms with Crippen LogP contribution in [0.4, 0.5) is 5.69 Å². The fraction of sp³-hybridized carbons (Fsp3) is 0.120. The molecule has 6 nitrogen and oxygen atoms in total. The molecule has 0 unspecified atom stereocenters. The first kappa shape index (κ1) is 20.2. The Hall–Kier alpha value is -4.06. The maximum absolute atomic E-state index is 12.3. The monoisotopic (exact) mass is 415 g/mol. The Bertz CT molecular complexity index is 1280. The molecule has 1 N–H and O–H groups in total. The van der Waals surface area contributed by atoms with Crippen molar-refractivity contribution in [3.63, 3.8) is 0 Å². The van der Waals surface area contributed by atoms with E-state index in [0.29, 0.717) is 17.0 Å². The van der Waals surface area contributed by atoms with Crippen LogP contribution in [-0.2, 0) is 14.3 Å². The molecule has 1 amide bonds. The summed E-state index contributed by atoms with van der Waals surface area (Å²) in [6.45, 7) is 1.57. The van der Waals surface area contributed by atoms with Crippen LogP contribution in [0.25, 0.3) is 28.0 Å². The molecule has 0 aliphatic carbocycles. The summed E-state index contributed by atoms with van der Waals surface area (Å²) in [5.74, 6) is -0.598. The Morgan fingerprint density at radius 3 is 2.55 bits per heavy atom. The molecule has 4 aromatic rings. The summed E-state index contributed by atoms with van der Waals surface area (Å²) in [7, 11) is 1.52. The summed E-state index contributed by atoms with van der Waals surface area (Å²) in [6, 6.07) is 18.9. The lowest BCUT2D eigenvalue weighted by atomic mass is 10.1. The number of hydrogen-bond donors (Lipinski definition) is 1. The number of amides is 1. The van der Waals surface area contributed by atoms with Crippen LogP contribution in [0, 0.1) is 6.92 Å². The third-order valence-electron chi connectivity index (χ3n) is 4.81. The average molecular weight is 415 g/mol. The van der Waals surface area contributed by atoms with Crippen LogP contribution in [0.5, 0.6) is 5.75 Å². The first-order chi connectivity index (χ1) is 15.0. The quantitative estimate of drug-likeness (QED) is 0.350. The van der Waals surface area contributed by atoms with Crippen molar-refractivity contribution in [2.45, 2.75) is 6.92 Å². The smallest absolute Gasteiger partial charge is 0.331 e. The standard InChI is InChI=1S/C25H21NO5/c1-16-7-9-17(10-8-16)11-12-25(28)30-15-24(27)26-20-14-22-19(13-23(20)29-2)18-5-3-4-6-21(18)31-22/h3-14H,15H2,1-2H3,(H,26,27)/b12-11+. The fourth-order valence-electron chi connectivity index (χ4n) is 3.23. The number of para-hydroxylation sites is 1. The zero-order chi connectivity index (χ0) is 21.8. The highest BCUT2D eigenvalue weighted by Crippen LogP contribution is 2.36. The van der Waals surface area contributed by atoms with E-state index in [2.05, 4.69) is 5.32 Å². The molecule has 6 heteroatoms. The molecule has 0 atom stereocenters. The number of ether oxygens (including phenoxy) is 2. The van der Waals surface area contributed by atoms with Gasteiger partial charge in [-0.3, -0.25) is 4.79 Å². The van der Waals surface area contributed by atoms with Crippen LogP contribution in [-0.4, -0.2) is 25.6 Å². The van der Waals surface area contributed by atoms with Gasteiger partial charge >= 0.3 is 5.97 Å². The summed E-state index contributed by atoms with van der Waals surface area (Å²) in [6.07, 6.45) is 2.93. The molecule has 4 rings (SSSR count). The van der Waals surface area contributed by atoms with Crippen molar-refractivity contribution in [1.29, 1.82) is 0 Å². The maximum atomic E-state index is 12.3. The van der Waals surface area contributed by atoms with E-state index in [1.807, 2.05) is 61.5 Å². The van der Waals surface area contributed by atoms with E-state index in [1.165, 1.54) is 13.2 Å². The van der Waals surface area contributed by atoms with Crippen LogP contribution in [0.1, 0.15) is 11.1 Å². The molecule has 0 aliphatic rings. The number of anilines is 1. The number of fused-ring (bicyclic) bond motifs is 3. The lowest BCUT2D eigenvalue weighted by Crippen LogP contribution is -2.20.